The molecule has 2 aliphatic carbocycles. The highest BCUT2D eigenvalue weighted by Gasteiger charge is 2.65. The summed E-state index contributed by atoms with van der Waals surface area (Å²) < 4.78 is 38.6. The molecule has 2 N–H and O–H groups in total. The third-order valence-corrected chi connectivity index (χ3v) is 14.2. The van der Waals surface area contributed by atoms with Gasteiger partial charge in [-0.3, -0.25) is 15.0 Å². The molecule has 1 amide bonds. The summed E-state index contributed by atoms with van der Waals surface area (Å²) >= 11 is 0. The first kappa shape index (κ1) is 52.2. The number of hydrogen-bond donors (Lipinski definition) is 2. The maximum atomic E-state index is 15.0. The molecule has 1 fully saturated rings. The van der Waals surface area contributed by atoms with Crippen molar-refractivity contribution in [3.8, 4) is 28.7 Å². The van der Waals surface area contributed by atoms with Crippen molar-refractivity contribution < 1.29 is 53.2 Å². The summed E-state index contributed by atoms with van der Waals surface area (Å²) in [6.45, 7) is 6.97. The van der Waals surface area contributed by atoms with Gasteiger partial charge in [-0.25, -0.2) is 4.79 Å². The van der Waals surface area contributed by atoms with Gasteiger partial charge in [-0.15, -0.1) is 6.58 Å². The number of unbranched alkanes of at least 4 members (excludes halogenated alkanes) is 11. The third kappa shape index (κ3) is 12.6. The molecule has 0 saturated heterocycles. The van der Waals surface area contributed by atoms with Crippen molar-refractivity contribution in [3.05, 3.63) is 106 Å². The van der Waals surface area contributed by atoms with Crippen LogP contribution in [0.1, 0.15) is 133 Å². The second kappa shape index (κ2) is 26.0. The Morgan fingerprint density at radius 1 is 0.886 bits per heavy atom. The number of hydrogen-bond acceptors (Lipinski definition) is 13. The molecule has 7 rings (SSSR count). The molecule has 0 spiro atoms. The van der Waals surface area contributed by atoms with Gasteiger partial charge >= 0.3 is 6.09 Å². The molecule has 15 nitrogen and oxygen atoms in total. The number of nitro benzene ring substituents is 1. The second-order valence-corrected chi connectivity index (χ2v) is 18.9. The first-order chi connectivity index (χ1) is 34.2. The van der Waals surface area contributed by atoms with E-state index in [0.717, 1.165) is 68.1 Å². The van der Waals surface area contributed by atoms with Gasteiger partial charge in [0.1, 0.15) is 30.4 Å². The number of benzene rings is 3. The van der Waals surface area contributed by atoms with E-state index < -0.39 is 28.8 Å². The highest BCUT2D eigenvalue weighted by atomic mass is 16.7. The molecule has 1 saturated carbocycles. The summed E-state index contributed by atoms with van der Waals surface area (Å²) in [6, 6.07) is 16.5. The molecule has 6 atom stereocenters. The summed E-state index contributed by atoms with van der Waals surface area (Å²) in [5, 5.41) is 36.4. The number of aliphatic hydroxyl groups is 2. The first-order valence-electron chi connectivity index (χ1n) is 25.6. The van der Waals surface area contributed by atoms with E-state index >= 15 is 4.79 Å². The van der Waals surface area contributed by atoms with Gasteiger partial charge in [0, 0.05) is 43.7 Å². The molecule has 15 heteroatoms. The molecule has 0 radical (unpaired) electrons. The van der Waals surface area contributed by atoms with Crippen molar-refractivity contribution in [2.24, 2.45) is 22.9 Å². The molecule has 3 aromatic rings. The maximum absolute atomic E-state index is 15.0. The minimum absolute atomic E-state index is 0.0141. The second-order valence-electron chi connectivity index (χ2n) is 18.9. The Hall–Kier alpha value is -5.64. The van der Waals surface area contributed by atoms with Crippen LogP contribution < -0.4 is 18.9 Å². The number of nitrogens with zero attached hydrogens (tertiary/aromatic N) is 3. The van der Waals surface area contributed by atoms with Crippen LogP contribution in [0.5, 0.6) is 28.7 Å². The van der Waals surface area contributed by atoms with Crippen molar-refractivity contribution in [1.82, 2.24) is 4.90 Å². The predicted octanol–water partition coefficient (Wildman–Crippen LogP) is 11.9. The Morgan fingerprint density at radius 2 is 1.60 bits per heavy atom. The van der Waals surface area contributed by atoms with Crippen LogP contribution in [-0.2, 0) is 20.9 Å². The summed E-state index contributed by atoms with van der Waals surface area (Å²) in [7, 11) is 1.52. The number of aliphatic hydroxyl groups excluding tert-OH is 2. The van der Waals surface area contributed by atoms with E-state index in [2.05, 4.69) is 19.6 Å². The molecular formula is C55H73N3O12. The molecule has 0 bridgehead atoms. The number of allylic oxidation sites excluding steroid dienone is 1. The molecule has 0 aromatic heterocycles. The number of oxime groups is 1. The molecule has 3 aromatic carbocycles. The van der Waals surface area contributed by atoms with Crippen molar-refractivity contribution in [2.45, 2.75) is 140 Å². The number of carbonyl (C=O) groups excluding carboxylic acids is 1. The number of carbonyl (C=O) groups is 1. The SMILES string of the molecule is C=CCO[C@@]12Oc3ccc(Oc4cccc([N+](=O)[O-])c4)cc3[C@H]3[C@H](CCCCO)[C@@H](CCCCO)C=C(C(=NOC)C[C@@H]1N(Cc1ccc4c(c1)OCO4)C(=O)OCCCCCCCCCCCC)[C@H]32. The number of nitro groups is 1. The lowest BCUT2D eigenvalue weighted by Crippen LogP contribution is -2.70. The lowest BCUT2D eigenvalue weighted by molar-refractivity contribution is -0.384. The average Bonchev–Trinajstić information content (AvgIpc) is 3.84. The maximum Gasteiger partial charge on any atom is 0.410 e. The van der Waals surface area contributed by atoms with Gasteiger partial charge in [-0.1, -0.05) is 107 Å². The number of rotatable bonds is 29. The Balaban J connectivity index is 1.31. The summed E-state index contributed by atoms with van der Waals surface area (Å²) in [4.78, 5) is 33.7. The highest BCUT2D eigenvalue weighted by molar-refractivity contribution is 6.03. The van der Waals surface area contributed by atoms with Crippen LogP contribution in [0.2, 0.25) is 0 Å². The topological polar surface area (TPSA) is 181 Å². The number of non-ortho nitro benzene ring substituents is 1. The molecule has 0 unspecified atom stereocenters. The van der Waals surface area contributed by atoms with Crippen LogP contribution in [0.4, 0.5) is 10.5 Å². The van der Waals surface area contributed by atoms with E-state index in [1.54, 1.807) is 29.2 Å². The Labute approximate surface area is 412 Å². The largest absolute Gasteiger partial charge is 0.459 e. The van der Waals surface area contributed by atoms with E-state index in [0.29, 0.717) is 47.3 Å². The summed E-state index contributed by atoms with van der Waals surface area (Å²) in [6.07, 6.45) is 19.4. The van der Waals surface area contributed by atoms with Crippen molar-refractivity contribution in [1.29, 1.82) is 0 Å². The van der Waals surface area contributed by atoms with Gasteiger partial charge in [0.25, 0.3) is 5.69 Å². The van der Waals surface area contributed by atoms with Crippen molar-refractivity contribution >= 4 is 17.5 Å². The van der Waals surface area contributed by atoms with Gasteiger partial charge in [0.15, 0.2) is 11.5 Å². The van der Waals surface area contributed by atoms with E-state index in [-0.39, 0.29) is 69.6 Å². The van der Waals surface area contributed by atoms with Crippen LogP contribution in [0.25, 0.3) is 0 Å². The zero-order valence-corrected chi connectivity index (χ0v) is 41.1. The van der Waals surface area contributed by atoms with Gasteiger partial charge < -0.3 is 43.5 Å². The molecule has 2 heterocycles. The van der Waals surface area contributed by atoms with Crippen LogP contribution >= 0.6 is 0 Å². The van der Waals surface area contributed by atoms with Crippen LogP contribution in [0.3, 0.4) is 0 Å². The minimum Gasteiger partial charge on any atom is -0.459 e. The normalized spacial score (nSPS) is 22.3. The molecular weight excluding hydrogens is 895 g/mol. The number of amides is 1. The monoisotopic (exact) mass is 968 g/mol. The van der Waals surface area contributed by atoms with Crippen molar-refractivity contribution in [3.63, 3.8) is 0 Å². The molecule has 70 heavy (non-hydrogen) atoms. The minimum atomic E-state index is -1.52. The van der Waals surface area contributed by atoms with Gasteiger partial charge in [0.05, 0.1) is 35.8 Å². The summed E-state index contributed by atoms with van der Waals surface area (Å²) in [5.74, 6) is 0.0882. The van der Waals surface area contributed by atoms with E-state index in [1.165, 1.54) is 57.8 Å². The first-order valence-corrected chi connectivity index (χ1v) is 25.6. The fourth-order valence-electron chi connectivity index (χ4n) is 11.0. The lowest BCUT2D eigenvalue weighted by Gasteiger charge is -2.59. The van der Waals surface area contributed by atoms with Crippen LogP contribution in [0, 0.1) is 27.9 Å². The van der Waals surface area contributed by atoms with E-state index in [4.69, 9.17) is 38.4 Å². The van der Waals surface area contributed by atoms with Gasteiger partial charge in [-0.2, -0.15) is 0 Å². The standard InChI is InChI=1S/C55H73N3O12/c1-4-6-7-8-9-10-11-12-13-18-31-65-54(61)57(37-39-24-26-49-50(32-39)67-38-66-49)51-36-47(56-64-3)45-33-40(20-14-16-28-59)44(23-15-17-29-60)52-46-35-43(69-42-22-19-21-41(34-42)58(62)63)25-27-48(46)70-55(51,53(45)52)68-30-5-2/h5,19,21-22,24-27,32-35,40,44,51-53,59-60H,2,4,6-18,20,23,28-31,36-38H2,1,3H3/t40-,44+,51-,52+,53+,55+/m0/s1. The molecule has 380 valence electrons. The summed E-state index contributed by atoms with van der Waals surface area (Å²) in [5.41, 5.74) is 3.08. The number of fused-ring (bicyclic) bond motifs is 3. The van der Waals surface area contributed by atoms with Gasteiger partial charge in [-0.05, 0) is 91.5 Å². The Kier molecular flexibility index (Phi) is 19.4. The average molecular weight is 968 g/mol. The number of ether oxygens (including phenoxy) is 6. The Bertz CT molecular complexity index is 2270. The Morgan fingerprint density at radius 3 is 2.33 bits per heavy atom. The fourth-order valence-corrected chi connectivity index (χ4v) is 11.0. The smallest absolute Gasteiger partial charge is 0.410 e. The van der Waals surface area contributed by atoms with Gasteiger partial charge in [0.2, 0.25) is 12.6 Å². The fraction of sp³-hybridized carbons (Fsp3) is 0.564. The van der Waals surface area contributed by atoms with Crippen LogP contribution in [-0.4, -0.2) is 84.0 Å². The van der Waals surface area contributed by atoms with Crippen LogP contribution in [0.15, 0.2) is 90.1 Å². The van der Waals surface area contributed by atoms with E-state index in [9.17, 15) is 20.3 Å². The van der Waals surface area contributed by atoms with Crippen molar-refractivity contribution in [2.75, 3.05) is 40.3 Å². The third-order valence-electron chi connectivity index (χ3n) is 14.2. The lowest BCUT2D eigenvalue weighted by atomic mass is 9.55. The quantitative estimate of drug-likeness (QED) is 0.0291. The highest BCUT2D eigenvalue weighted by Crippen LogP contribution is 2.62. The molecule has 2 aliphatic heterocycles. The predicted molar refractivity (Wildman–Crippen MR) is 266 cm³/mol. The molecule has 4 aliphatic rings. The zero-order valence-electron chi connectivity index (χ0n) is 41.1. The van der Waals surface area contributed by atoms with E-state index in [1.807, 2.05) is 30.3 Å². The zero-order chi connectivity index (χ0) is 49.3.